The quantitative estimate of drug-likeness (QED) is 0.787. The summed E-state index contributed by atoms with van der Waals surface area (Å²) in [5.41, 5.74) is 5.81. The lowest BCUT2D eigenvalue weighted by molar-refractivity contribution is -0.135. The third-order valence-electron chi connectivity index (χ3n) is 3.13. The molecule has 1 aromatic rings. The number of nitrogens with zero attached hydrogens (tertiary/aromatic N) is 3. The molecule has 0 radical (unpaired) electrons. The third kappa shape index (κ3) is 2.24. The van der Waals surface area contributed by atoms with Gasteiger partial charge in [0.25, 0.3) is 0 Å². The normalized spacial score (nSPS) is 19.8. The van der Waals surface area contributed by atoms with Crippen LogP contribution in [0.3, 0.4) is 0 Å². The Balaban J connectivity index is 1.97. The molecule has 0 saturated carbocycles. The number of hydrogen-bond donors (Lipinski definition) is 1. The lowest BCUT2D eigenvalue weighted by atomic mass is 10.1. The van der Waals surface area contributed by atoms with Gasteiger partial charge in [0, 0.05) is 31.5 Å². The van der Waals surface area contributed by atoms with Gasteiger partial charge in [0.05, 0.1) is 0 Å². The highest BCUT2D eigenvalue weighted by atomic mass is 16.2. The smallest absolute Gasteiger partial charge is 0.247 e. The summed E-state index contributed by atoms with van der Waals surface area (Å²) in [5.74, 6) is 0.135. The second kappa shape index (κ2) is 4.65. The Hall–Kier alpha value is -1.36. The number of aromatic nitrogens is 2. The van der Waals surface area contributed by atoms with Crippen LogP contribution in [0.4, 0.5) is 0 Å². The van der Waals surface area contributed by atoms with E-state index in [2.05, 4.69) is 5.10 Å². The highest BCUT2D eigenvalue weighted by Gasteiger charge is 2.25. The molecule has 1 atom stereocenters. The highest BCUT2D eigenvalue weighted by Crippen LogP contribution is 2.14. The molecule has 2 rings (SSSR count). The fourth-order valence-electron chi connectivity index (χ4n) is 2.01. The second-order valence-corrected chi connectivity index (χ2v) is 4.32. The van der Waals surface area contributed by atoms with Gasteiger partial charge in [0.15, 0.2) is 0 Å². The Kier molecular flexibility index (Phi) is 3.24. The van der Waals surface area contributed by atoms with Gasteiger partial charge in [-0.2, -0.15) is 5.10 Å². The average Bonchev–Trinajstić information content (AvgIpc) is 2.81. The second-order valence-electron chi connectivity index (χ2n) is 4.32. The highest BCUT2D eigenvalue weighted by molar-refractivity contribution is 5.80. The molecule has 88 valence electrons. The summed E-state index contributed by atoms with van der Waals surface area (Å²) in [6, 6.07) is 1.86. The van der Waals surface area contributed by atoms with E-state index in [0.29, 0.717) is 0 Å². The molecule has 1 aliphatic rings. The first-order chi connectivity index (χ1) is 7.68. The summed E-state index contributed by atoms with van der Waals surface area (Å²) >= 11 is 0. The molecule has 0 unspecified atom stereocenters. The number of carbonyl (C=O) groups is 1. The lowest BCUT2D eigenvalue weighted by Gasteiger charge is -2.32. The summed E-state index contributed by atoms with van der Waals surface area (Å²) in [6.45, 7) is 3.42. The van der Waals surface area contributed by atoms with E-state index in [1.807, 2.05) is 24.1 Å². The van der Waals surface area contributed by atoms with Crippen LogP contribution in [0, 0.1) is 0 Å². The Morgan fingerprint density at radius 2 is 2.19 bits per heavy atom. The van der Waals surface area contributed by atoms with Gasteiger partial charge in [-0.05, 0) is 25.8 Å². The van der Waals surface area contributed by atoms with E-state index < -0.39 is 0 Å². The van der Waals surface area contributed by atoms with Crippen molar-refractivity contribution in [1.29, 1.82) is 0 Å². The molecule has 0 bridgehead atoms. The standard InChI is InChI=1S/C11H18N4O/c1-9(15-6-2-5-13-15)11(16)14-7-3-10(12)4-8-14/h2,5-6,9-10H,3-4,7-8,12H2,1H3/t9-/m0/s1. The zero-order chi connectivity index (χ0) is 11.5. The first kappa shape index (κ1) is 11.1. The van der Waals surface area contributed by atoms with Crippen LogP contribution in [-0.4, -0.2) is 39.7 Å². The van der Waals surface area contributed by atoms with Gasteiger partial charge in [-0.15, -0.1) is 0 Å². The SMILES string of the molecule is C[C@@H](C(=O)N1CCC(N)CC1)n1cccn1. The van der Waals surface area contributed by atoms with Crippen LogP contribution in [0.2, 0.25) is 0 Å². The number of nitrogens with two attached hydrogens (primary N) is 1. The van der Waals surface area contributed by atoms with Crippen LogP contribution < -0.4 is 5.73 Å². The van der Waals surface area contributed by atoms with E-state index in [1.54, 1.807) is 10.9 Å². The molecule has 2 N–H and O–H groups in total. The van der Waals surface area contributed by atoms with E-state index in [4.69, 9.17) is 5.73 Å². The minimum absolute atomic E-state index is 0.135. The molecule has 1 fully saturated rings. The number of rotatable bonds is 2. The topological polar surface area (TPSA) is 64.2 Å². The number of likely N-dealkylation sites (tertiary alicyclic amines) is 1. The van der Waals surface area contributed by atoms with E-state index in [1.165, 1.54) is 0 Å². The fourth-order valence-corrected chi connectivity index (χ4v) is 2.01. The molecule has 1 aromatic heterocycles. The molecule has 1 amide bonds. The number of amides is 1. The Morgan fingerprint density at radius 3 is 2.75 bits per heavy atom. The first-order valence-corrected chi connectivity index (χ1v) is 5.72. The van der Waals surface area contributed by atoms with Crippen LogP contribution in [0.25, 0.3) is 0 Å². The van der Waals surface area contributed by atoms with Crippen molar-refractivity contribution in [3.8, 4) is 0 Å². The Labute approximate surface area is 95.2 Å². The fraction of sp³-hybridized carbons (Fsp3) is 0.636. The minimum atomic E-state index is -0.218. The average molecular weight is 222 g/mol. The largest absolute Gasteiger partial charge is 0.341 e. The van der Waals surface area contributed by atoms with Crippen molar-refractivity contribution in [3.63, 3.8) is 0 Å². The summed E-state index contributed by atoms with van der Waals surface area (Å²) in [7, 11) is 0. The third-order valence-corrected chi connectivity index (χ3v) is 3.13. The molecule has 0 spiro atoms. The molecule has 1 aliphatic heterocycles. The van der Waals surface area contributed by atoms with Gasteiger partial charge in [0.1, 0.15) is 6.04 Å². The zero-order valence-electron chi connectivity index (χ0n) is 9.54. The predicted molar refractivity (Wildman–Crippen MR) is 60.7 cm³/mol. The Bertz CT molecular complexity index is 341. The maximum atomic E-state index is 12.1. The zero-order valence-corrected chi connectivity index (χ0v) is 9.54. The number of piperidine rings is 1. The minimum Gasteiger partial charge on any atom is -0.341 e. The lowest BCUT2D eigenvalue weighted by Crippen LogP contribution is -2.45. The number of hydrogen-bond acceptors (Lipinski definition) is 3. The van der Waals surface area contributed by atoms with Crippen LogP contribution in [0.1, 0.15) is 25.8 Å². The van der Waals surface area contributed by atoms with Crippen LogP contribution >= 0.6 is 0 Å². The monoisotopic (exact) mass is 222 g/mol. The summed E-state index contributed by atoms with van der Waals surface area (Å²) < 4.78 is 1.69. The Morgan fingerprint density at radius 1 is 1.50 bits per heavy atom. The van der Waals surface area contributed by atoms with Gasteiger partial charge in [0.2, 0.25) is 5.91 Å². The van der Waals surface area contributed by atoms with Gasteiger partial charge < -0.3 is 10.6 Å². The van der Waals surface area contributed by atoms with Gasteiger partial charge in [-0.3, -0.25) is 9.48 Å². The van der Waals surface area contributed by atoms with Crippen LogP contribution in [0.5, 0.6) is 0 Å². The number of carbonyl (C=O) groups excluding carboxylic acids is 1. The van der Waals surface area contributed by atoms with Crippen molar-refractivity contribution in [1.82, 2.24) is 14.7 Å². The van der Waals surface area contributed by atoms with E-state index in [9.17, 15) is 4.79 Å². The van der Waals surface area contributed by atoms with Crippen LogP contribution in [0.15, 0.2) is 18.5 Å². The van der Waals surface area contributed by atoms with Crippen molar-refractivity contribution in [3.05, 3.63) is 18.5 Å². The van der Waals surface area contributed by atoms with E-state index >= 15 is 0 Å². The first-order valence-electron chi connectivity index (χ1n) is 5.72. The molecule has 0 aliphatic carbocycles. The van der Waals surface area contributed by atoms with Crippen LogP contribution in [-0.2, 0) is 4.79 Å². The molecule has 5 heteroatoms. The van der Waals surface area contributed by atoms with Crippen molar-refractivity contribution in [2.75, 3.05) is 13.1 Å². The van der Waals surface area contributed by atoms with Gasteiger partial charge in [-0.1, -0.05) is 0 Å². The van der Waals surface area contributed by atoms with Crippen molar-refractivity contribution < 1.29 is 4.79 Å². The summed E-state index contributed by atoms with van der Waals surface area (Å²) in [4.78, 5) is 14.0. The molecule has 1 saturated heterocycles. The molecular weight excluding hydrogens is 204 g/mol. The van der Waals surface area contributed by atoms with E-state index in [-0.39, 0.29) is 18.0 Å². The maximum absolute atomic E-state index is 12.1. The summed E-state index contributed by atoms with van der Waals surface area (Å²) in [5, 5.41) is 4.09. The van der Waals surface area contributed by atoms with Crippen molar-refractivity contribution in [2.45, 2.75) is 31.8 Å². The summed E-state index contributed by atoms with van der Waals surface area (Å²) in [6.07, 6.45) is 5.31. The van der Waals surface area contributed by atoms with E-state index in [0.717, 1.165) is 25.9 Å². The van der Waals surface area contributed by atoms with Gasteiger partial charge in [-0.25, -0.2) is 0 Å². The van der Waals surface area contributed by atoms with Gasteiger partial charge >= 0.3 is 0 Å². The molecule has 0 aromatic carbocycles. The molecule has 16 heavy (non-hydrogen) atoms. The molecule has 5 nitrogen and oxygen atoms in total. The maximum Gasteiger partial charge on any atom is 0.247 e. The van der Waals surface area contributed by atoms with Crippen molar-refractivity contribution in [2.24, 2.45) is 5.73 Å². The predicted octanol–water partition coefficient (Wildman–Crippen LogP) is 0.394. The van der Waals surface area contributed by atoms with Crippen molar-refractivity contribution >= 4 is 5.91 Å². The molecule has 2 heterocycles. The molecular formula is C11H18N4O.